The average Bonchev–Trinajstić information content (AvgIpc) is 2.38. The van der Waals surface area contributed by atoms with Crippen LogP contribution in [0.3, 0.4) is 0 Å². The minimum Gasteiger partial charge on any atom is -0.305 e. The predicted octanol–water partition coefficient (Wildman–Crippen LogP) is 2.60. The number of aromatic nitrogens is 1. The van der Waals surface area contributed by atoms with Crippen LogP contribution >= 0.6 is 0 Å². The van der Waals surface area contributed by atoms with Gasteiger partial charge >= 0.3 is 0 Å². The Hall–Kier alpha value is -2.16. The topological polar surface area (TPSA) is 39.1 Å². The number of rotatable bonds is 3. The number of ketones is 1. The van der Waals surface area contributed by atoms with E-state index in [-0.39, 0.29) is 11.3 Å². The zero-order chi connectivity index (χ0) is 13.1. The van der Waals surface area contributed by atoms with E-state index >= 15 is 0 Å². The Balaban J connectivity index is 2.35. The van der Waals surface area contributed by atoms with Crippen molar-refractivity contribution in [2.24, 2.45) is 0 Å². The number of nitrogens with zero attached hydrogens (tertiary/aromatic N) is 1. The van der Waals surface area contributed by atoms with Gasteiger partial charge in [0.15, 0.2) is 5.78 Å². The predicted molar refractivity (Wildman–Crippen MR) is 70.9 cm³/mol. The molecule has 0 radical (unpaired) electrons. The molecule has 0 N–H and O–H groups in total. The molecule has 0 aliphatic heterocycles. The van der Waals surface area contributed by atoms with Crippen molar-refractivity contribution in [3.8, 4) is 0 Å². The van der Waals surface area contributed by atoms with E-state index < -0.39 is 6.04 Å². The van der Waals surface area contributed by atoms with Gasteiger partial charge in [-0.25, -0.2) is 0 Å². The molecule has 2 rings (SSSR count). The first-order chi connectivity index (χ1) is 8.59. The Morgan fingerprint density at radius 1 is 1.17 bits per heavy atom. The van der Waals surface area contributed by atoms with Crippen LogP contribution in [0, 0.1) is 6.92 Å². The third kappa shape index (κ3) is 2.40. The largest absolute Gasteiger partial charge is 0.305 e. The van der Waals surface area contributed by atoms with Crippen LogP contribution < -0.4 is 5.56 Å². The summed E-state index contributed by atoms with van der Waals surface area (Å²) in [6.45, 7) is 3.60. The van der Waals surface area contributed by atoms with Crippen LogP contribution in [-0.4, -0.2) is 10.4 Å². The summed E-state index contributed by atoms with van der Waals surface area (Å²) in [6, 6.07) is 11.9. The van der Waals surface area contributed by atoms with E-state index in [2.05, 4.69) is 0 Å². The molecule has 0 fully saturated rings. The van der Waals surface area contributed by atoms with Crippen molar-refractivity contribution in [1.82, 2.24) is 4.57 Å². The second-order valence-corrected chi connectivity index (χ2v) is 4.36. The first-order valence-electron chi connectivity index (χ1n) is 5.87. The van der Waals surface area contributed by atoms with Gasteiger partial charge in [0.1, 0.15) is 0 Å². The zero-order valence-corrected chi connectivity index (χ0v) is 10.5. The molecule has 0 aliphatic rings. The fourth-order valence-electron chi connectivity index (χ4n) is 1.88. The fraction of sp³-hybridized carbons (Fsp3) is 0.200. The lowest BCUT2D eigenvalue weighted by Gasteiger charge is -2.14. The highest BCUT2D eigenvalue weighted by atomic mass is 16.1. The third-order valence-electron chi connectivity index (χ3n) is 2.96. The molecule has 0 saturated heterocycles. The van der Waals surface area contributed by atoms with Crippen molar-refractivity contribution in [3.63, 3.8) is 0 Å². The van der Waals surface area contributed by atoms with Gasteiger partial charge in [-0.15, -0.1) is 0 Å². The number of aryl methyl sites for hydroxylation is 1. The summed E-state index contributed by atoms with van der Waals surface area (Å²) in [4.78, 5) is 24.1. The quantitative estimate of drug-likeness (QED) is 0.775. The highest BCUT2D eigenvalue weighted by Gasteiger charge is 2.17. The van der Waals surface area contributed by atoms with Gasteiger partial charge in [0, 0.05) is 17.8 Å². The molecule has 1 aromatic carbocycles. The highest BCUT2D eigenvalue weighted by Crippen LogP contribution is 2.12. The summed E-state index contributed by atoms with van der Waals surface area (Å²) in [5.74, 6) is -0.0541. The SMILES string of the molecule is Cc1ccn(C(C)C(=O)c2ccccc2)c(=O)c1. The third-order valence-corrected chi connectivity index (χ3v) is 2.96. The van der Waals surface area contributed by atoms with Crippen molar-refractivity contribution in [2.45, 2.75) is 19.9 Å². The standard InChI is InChI=1S/C15H15NO2/c1-11-8-9-16(14(17)10-11)12(2)15(18)13-6-4-3-5-7-13/h3-10,12H,1-2H3. The average molecular weight is 241 g/mol. The molecule has 1 unspecified atom stereocenters. The first-order valence-corrected chi connectivity index (χ1v) is 5.87. The van der Waals surface area contributed by atoms with Crippen LogP contribution in [0.2, 0.25) is 0 Å². The van der Waals surface area contributed by atoms with Crippen molar-refractivity contribution in [1.29, 1.82) is 0 Å². The molecule has 1 aromatic heterocycles. The molecule has 0 spiro atoms. The number of carbonyl (C=O) groups excluding carboxylic acids is 1. The zero-order valence-electron chi connectivity index (χ0n) is 10.5. The molecule has 0 aliphatic carbocycles. The lowest BCUT2D eigenvalue weighted by Crippen LogP contribution is -2.27. The van der Waals surface area contributed by atoms with Crippen LogP contribution in [-0.2, 0) is 0 Å². The second-order valence-electron chi connectivity index (χ2n) is 4.36. The maximum absolute atomic E-state index is 12.2. The van der Waals surface area contributed by atoms with Gasteiger partial charge in [-0.2, -0.15) is 0 Å². The molecule has 0 amide bonds. The number of hydrogen-bond donors (Lipinski definition) is 0. The molecule has 18 heavy (non-hydrogen) atoms. The number of hydrogen-bond acceptors (Lipinski definition) is 2. The Bertz CT molecular complexity index is 614. The van der Waals surface area contributed by atoms with Crippen LogP contribution in [0.1, 0.15) is 28.9 Å². The van der Waals surface area contributed by atoms with E-state index in [1.807, 2.05) is 31.2 Å². The number of benzene rings is 1. The van der Waals surface area contributed by atoms with Crippen molar-refractivity contribution in [2.75, 3.05) is 0 Å². The van der Waals surface area contributed by atoms with E-state index in [9.17, 15) is 9.59 Å². The summed E-state index contributed by atoms with van der Waals surface area (Å²) in [7, 11) is 0. The summed E-state index contributed by atoms with van der Waals surface area (Å²) in [5.41, 5.74) is 1.37. The Kier molecular flexibility index (Phi) is 3.42. The van der Waals surface area contributed by atoms with Gasteiger partial charge in [0.25, 0.3) is 5.56 Å². The van der Waals surface area contributed by atoms with E-state index in [1.165, 1.54) is 10.6 Å². The summed E-state index contributed by atoms with van der Waals surface area (Å²) >= 11 is 0. The lowest BCUT2D eigenvalue weighted by atomic mass is 10.1. The van der Waals surface area contributed by atoms with Crippen molar-refractivity contribution >= 4 is 5.78 Å². The van der Waals surface area contributed by atoms with E-state index in [0.29, 0.717) is 5.56 Å². The Morgan fingerprint density at radius 2 is 1.83 bits per heavy atom. The molecule has 3 heteroatoms. The molecule has 92 valence electrons. The summed E-state index contributed by atoms with van der Waals surface area (Å²) in [6.07, 6.45) is 1.67. The van der Waals surface area contributed by atoms with Crippen LogP contribution in [0.25, 0.3) is 0 Å². The minimum atomic E-state index is -0.486. The molecule has 0 bridgehead atoms. The van der Waals surface area contributed by atoms with E-state index in [0.717, 1.165) is 5.56 Å². The Labute approximate surface area is 106 Å². The van der Waals surface area contributed by atoms with Crippen molar-refractivity contribution in [3.05, 3.63) is 70.1 Å². The second kappa shape index (κ2) is 5.00. The Morgan fingerprint density at radius 3 is 2.44 bits per heavy atom. The highest BCUT2D eigenvalue weighted by molar-refractivity contribution is 5.98. The number of Topliss-reactive ketones (excluding diaryl/α,β-unsaturated/α-hetero) is 1. The van der Waals surface area contributed by atoms with E-state index in [4.69, 9.17) is 0 Å². The maximum atomic E-state index is 12.2. The number of carbonyl (C=O) groups is 1. The first kappa shape index (κ1) is 12.3. The summed E-state index contributed by atoms with van der Waals surface area (Å²) < 4.78 is 1.46. The molecular formula is C15H15NO2. The van der Waals surface area contributed by atoms with Gasteiger partial charge in [0.05, 0.1) is 6.04 Å². The summed E-state index contributed by atoms with van der Waals surface area (Å²) in [5, 5.41) is 0. The van der Waals surface area contributed by atoms with Crippen LogP contribution in [0.15, 0.2) is 53.5 Å². The minimum absolute atomic E-state index is 0.0541. The molecule has 0 saturated carbocycles. The van der Waals surface area contributed by atoms with Gasteiger partial charge in [-0.1, -0.05) is 30.3 Å². The van der Waals surface area contributed by atoms with E-state index in [1.54, 1.807) is 25.3 Å². The maximum Gasteiger partial charge on any atom is 0.251 e. The van der Waals surface area contributed by atoms with Crippen LogP contribution in [0.5, 0.6) is 0 Å². The monoisotopic (exact) mass is 241 g/mol. The molecular weight excluding hydrogens is 226 g/mol. The van der Waals surface area contributed by atoms with Gasteiger partial charge in [-0.05, 0) is 25.5 Å². The van der Waals surface area contributed by atoms with Gasteiger partial charge in [0.2, 0.25) is 0 Å². The molecule has 1 atom stereocenters. The van der Waals surface area contributed by atoms with Crippen LogP contribution in [0.4, 0.5) is 0 Å². The normalized spacial score (nSPS) is 12.1. The number of pyridine rings is 1. The lowest BCUT2D eigenvalue weighted by molar-refractivity contribution is 0.0933. The van der Waals surface area contributed by atoms with Crippen molar-refractivity contribution < 1.29 is 4.79 Å². The smallest absolute Gasteiger partial charge is 0.251 e. The van der Waals surface area contributed by atoms with Gasteiger partial charge < -0.3 is 4.57 Å². The van der Waals surface area contributed by atoms with Gasteiger partial charge in [-0.3, -0.25) is 9.59 Å². The fourth-order valence-corrected chi connectivity index (χ4v) is 1.88. The molecule has 1 heterocycles. The molecule has 3 nitrogen and oxygen atoms in total. The molecule has 2 aromatic rings.